The fraction of sp³-hybridized carbons (Fsp3) is 0. The Labute approximate surface area is 122 Å². The fourth-order valence-corrected chi connectivity index (χ4v) is 1.74. The van der Waals surface area contributed by atoms with Crippen molar-refractivity contribution in [2.75, 3.05) is 5.32 Å². The van der Waals surface area contributed by atoms with Crippen LogP contribution in [0.15, 0.2) is 66.9 Å². The first-order valence-corrected chi connectivity index (χ1v) is 6.35. The van der Waals surface area contributed by atoms with Crippen molar-refractivity contribution in [3.05, 3.63) is 72.4 Å². The number of benzene rings is 2. The lowest BCUT2D eigenvalue weighted by Gasteiger charge is -2.06. The second-order valence-electron chi connectivity index (χ2n) is 4.25. The molecule has 0 aliphatic heterocycles. The molecule has 21 heavy (non-hydrogen) atoms. The molecule has 0 aliphatic carbocycles. The summed E-state index contributed by atoms with van der Waals surface area (Å²) in [5.74, 6) is -0.610. The smallest absolute Gasteiger partial charge is 0.323 e. The number of hydrogen-bond donors (Lipinski definition) is 3. The molecule has 3 amide bonds. The van der Waals surface area contributed by atoms with E-state index in [1.165, 1.54) is 6.20 Å². The van der Waals surface area contributed by atoms with Crippen LogP contribution >= 0.6 is 0 Å². The third kappa shape index (κ3) is 4.21. The fourth-order valence-electron chi connectivity index (χ4n) is 1.74. The van der Waals surface area contributed by atoms with Gasteiger partial charge in [-0.25, -0.2) is 4.79 Å². The molecule has 5 heteroatoms. The van der Waals surface area contributed by atoms with Gasteiger partial charge in [0.15, 0.2) is 0 Å². The third-order valence-corrected chi connectivity index (χ3v) is 2.73. The predicted octanol–water partition coefficient (Wildman–Crippen LogP) is 2.33. The molecule has 0 bridgehead atoms. The molecular formula is C16H15N3O2. The molecular weight excluding hydrogens is 266 g/mol. The number of anilines is 1. The summed E-state index contributed by atoms with van der Waals surface area (Å²) in [7, 11) is 0. The van der Waals surface area contributed by atoms with E-state index in [2.05, 4.69) is 10.6 Å². The number of nitrogens with one attached hydrogen (secondary N) is 2. The quantitative estimate of drug-likeness (QED) is 0.751. The van der Waals surface area contributed by atoms with Crippen LogP contribution in [-0.2, 0) is 4.79 Å². The molecule has 2 rings (SSSR count). The summed E-state index contributed by atoms with van der Waals surface area (Å²) < 4.78 is 0. The zero-order valence-corrected chi connectivity index (χ0v) is 11.2. The van der Waals surface area contributed by atoms with Gasteiger partial charge in [-0.05, 0) is 17.7 Å². The van der Waals surface area contributed by atoms with Gasteiger partial charge < -0.3 is 16.4 Å². The minimum absolute atomic E-state index is 0.235. The second kappa shape index (κ2) is 6.91. The van der Waals surface area contributed by atoms with Gasteiger partial charge in [0.2, 0.25) is 0 Å². The Kier molecular flexibility index (Phi) is 4.71. The number of hydrogen-bond acceptors (Lipinski definition) is 2. The zero-order valence-electron chi connectivity index (χ0n) is 11.2. The van der Waals surface area contributed by atoms with Crippen molar-refractivity contribution in [3.63, 3.8) is 0 Å². The van der Waals surface area contributed by atoms with Crippen LogP contribution in [0.3, 0.4) is 0 Å². The third-order valence-electron chi connectivity index (χ3n) is 2.73. The Morgan fingerprint density at radius 2 is 1.48 bits per heavy atom. The number of carbonyl (C=O) groups is 2. The molecule has 0 spiro atoms. The average Bonchev–Trinajstić information content (AvgIpc) is 2.49. The Bertz CT molecular complexity index is 652. The number of nitrogens with two attached hydrogens (primary N) is 1. The summed E-state index contributed by atoms with van der Waals surface area (Å²) in [6, 6.07) is 17.4. The van der Waals surface area contributed by atoms with Gasteiger partial charge in [0.1, 0.15) is 0 Å². The molecule has 0 radical (unpaired) electrons. The average molecular weight is 281 g/mol. The Balaban J connectivity index is 2.07. The van der Waals surface area contributed by atoms with Gasteiger partial charge in [-0.15, -0.1) is 0 Å². The van der Waals surface area contributed by atoms with E-state index in [-0.39, 0.29) is 5.57 Å². The van der Waals surface area contributed by atoms with Crippen LogP contribution in [0.25, 0.3) is 5.57 Å². The molecule has 4 N–H and O–H groups in total. The highest BCUT2D eigenvalue weighted by Gasteiger charge is 2.08. The van der Waals surface area contributed by atoms with Gasteiger partial charge in [0.25, 0.3) is 5.91 Å². The van der Waals surface area contributed by atoms with Crippen molar-refractivity contribution in [3.8, 4) is 0 Å². The molecule has 2 aromatic rings. The monoisotopic (exact) mass is 281 g/mol. The zero-order chi connectivity index (χ0) is 15.1. The maximum absolute atomic E-state index is 11.8. The predicted molar refractivity (Wildman–Crippen MR) is 82.2 cm³/mol. The van der Waals surface area contributed by atoms with Crippen molar-refractivity contribution in [2.24, 2.45) is 5.73 Å². The van der Waals surface area contributed by atoms with Crippen molar-refractivity contribution < 1.29 is 9.59 Å². The van der Waals surface area contributed by atoms with E-state index in [4.69, 9.17) is 5.73 Å². The first-order chi connectivity index (χ1) is 10.2. The molecule has 0 heterocycles. The standard InChI is InChI=1S/C16H15N3O2/c17-15(20)14(12-7-3-1-4-8-12)11-18-16(21)19-13-9-5-2-6-10-13/h1-11H,(H2,17,20)(H2,18,19,21). The van der Waals surface area contributed by atoms with Gasteiger partial charge in [-0.1, -0.05) is 48.5 Å². The Morgan fingerprint density at radius 3 is 2.05 bits per heavy atom. The molecule has 0 unspecified atom stereocenters. The van der Waals surface area contributed by atoms with E-state index in [1.54, 1.807) is 36.4 Å². The Hall–Kier alpha value is -3.08. The van der Waals surface area contributed by atoms with E-state index in [1.807, 2.05) is 24.3 Å². The van der Waals surface area contributed by atoms with Crippen LogP contribution < -0.4 is 16.4 Å². The minimum Gasteiger partial charge on any atom is -0.366 e. The van der Waals surface area contributed by atoms with Crippen LogP contribution in [0.5, 0.6) is 0 Å². The molecule has 0 aromatic heterocycles. The largest absolute Gasteiger partial charge is 0.366 e. The number of amides is 3. The van der Waals surface area contributed by atoms with Crippen LogP contribution in [0.2, 0.25) is 0 Å². The summed E-state index contributed by atoms with van der Waals surface area (Å²) in [6.45, 7) is 0. The van der Waals surface area contributed by atoms with Gasteiger partial charge in [-0.3, -0.25) is 4.79 Å². The van der Waals surface area contributed by atoms with E-state index in [0.29, 0.717) is 11.3 Å². The molecule has 0 saturated heterocycles. The SMILES string of the molecule is NC(=O)C(=CNC(=O)Nc1ccccc1)c1ccccc1. The van der Waals surface area contributed by atoms with Gasteiger partial charge in [0.05, 0.1) is 5.57 Å². The normalized spacial score (nSPS) is 10.8. The highest BCUT2D eigenvalue weighted by atomic mass is 16.2. The Morgan fingerprint density at radius 1 is 0.905 bits per heavy atom. The second-order valence-corrected chi connectivity index (χ2v) is 4.25. The van der Waals surface area contributed by atoms with Crippen LogP contribution in [-0.4, -0.2) is 11.9 Å². The highest BCUT2D eigenvalue weighted by molar-refractivity contribution is 6.19. The van der Waals surface area contributed by atoms with E-state index in [0.717, 1.165) is 0 Å². The maximum atomic E-state index is 11.8. The maximum Gasteiger partial charge on any atom is 0.323 e. The van der Waals surface area contributed by atoms with Crippen molar-refractivity contribution >= 4 is 23.2 Å². The molecule has 0 saturated carbocycles. The molecule has 0 atom stereocenters. The summed E-state index contributed by atoms with van der Waals surface area (Å²) >= 11 is 0. The van der Waals surface area contributed by atoms with Crippen LogP contribution in [0, 0.1) is 0 Å². The van der Waals surface area contributed by atoms with E-state index >= 15 is 0 Å². The van der Waals surface area contributed by atoms with Gasteiger partial charge in [0, 0.05) is 11.9 Å². The van der Waals surface area contributed by atoms with E-state index < -0.39 is 11.9 Å². The first-order valence-electron chi connectivity index (χ1n) is 6.35. The van der Waals surface area contributed by atoms with Crippen LogP contribution in [0.4, 0.5) is 10.5 Å². The van der Waals surface area contributed by atoms with E-state index in [9.17, 15) is 9.59 Å². The number of rotatable bonds is 4. The summed E-state index contributed by atoms with van der Waals surface area (Å²) in [4.78, 5) is 23.2. The molecule has 106 valence electrons. The highest BCUT2D eigenvalue weighted by Crippen LogP contribution is 2.12. The summed E-state index contributed by atoms with van der Waals surface area (Å²) in [5, 5.41) is 5.14. The lowest BCUT2D eigenvalue weighted by atomic mass is 10.1. The molecule has 5 nitrogen and oxygen atoms in total. The topological polar surface area (TPSA) is 84.2 Å². The molecule has 2 aromatic carbocycles. The number of urea groups is 1. The lowest BCUT2D eigenvalue weighted by molar-refractivity contribution is -0.112. The number of para-hydroxylation sites is 1. The van der Waals surface area contributed by atoms with Crippen LogP contribution in [0.1, 0.15) is 5.56 Å². The lowest BCUT2D eigenvalue weighted by Crippen LogP contribution is -2.25. The van der Waals surface area contributed by atoms with Crippen molar-refractivity contribution in [1.82, 2.24) is 5.32 Å². The first kappa shape index (κ1) is 14.3. The summed E-state index contributed by atoms with van der Waals surface area (Å²) in [6.07, 6.45) is 1.30. The van der Waals surface area contributed by atoms with Crippen molar-refractivity contribution in [2.45, 2.75) is 0 Å². The molecule has 0 fully saturated rings. The summed E-state index contributed by atoms with van der Waals surface area (Å²) in [5.41, 5.74) is 6.86. The minimum atomic E-state index is -0.610. The van der Waals surface area contributed by atoms with Gasteiger partial charge >= 0.3 is 6.03 Å². The van der Waals surface area contributed by atoms with Gasteiger partial charge in [-0.2, -0.15) is 0 Å². The van der Waals surface area contributed by atoms with Crippen molar-refractivity contribution in [1.29, 1.82) is 0 Å². The number of carbonyl (C=O) groups excluding carboxylic acids is 2. The number of primary amides is 1. The molecule has 0 aliphatic rings.